The van der Waals surface area contributed by atoms with Gasteiger partial charge in [0.2, 0.25) is 0 Å². The molecule has 0 atom stereocenters. The molecular weight excluding hydrogens is 268 g/mol. The van der Waals surface area contributed by atoms with Crippen molar-refractivity contribution >= 4 is 11.3 Å². The number of aryl methyl sites for hydroxylation is 1. The molecule has 1 fully saturated rings. The van der Waals surface area contributed by atoms with E-state index < -0.39 is 0 Å². The normalized spacial score (nSPS) is 15.2. The van der Waals surface area contributed by atoms with E-state index in [0.717, 1.165) is 45.4 Å². The van der Waals surface area contributed by atoms with E-state index in [0.29, 0.717) is 0 Å². The molecule has 0 bridgehead atoms. The van der Waals surface area contributed by atoms with Gasteiger partial charge in [-0.05, 0) is 44.9 Å². The van der Waals surface area contributed by atoms with Gasteiger partial charge in [-0.1, -0.05) is 6.92 Å². The quantitative estimate of drug-likeness (QED) is 0.671. The minimum Gasteiger partial charge on any atom is -0.380 e. The molecule has 1 aromatic heterocycles. The van der Waals surface area contributed by atoms with E-state index in [9.17, 15) is 0 Å². The van der Waals surface area contributed by atoms with Crippen molar-refractivity contribution < 1.29 is 4.74 Å². The maximum absolute atomic E-state index is 5.46. The van der Waals surface area contributed by atoms with Gasteiger partial charge in [-0.25, -0.2) is 0 Å². The number of likely N-dealkylation sites (N-methyl/N-ethyl adjacent to an activating group) is 1. The van der Waals surface area contributed by atoms with E-state index in [2.05, 4.69) is 37.1 Å². The molecule has 1 heterocycles. The Balaban J connectivity index is 1.82. The predicted octanol–water partition coefficient (Wildman–Crippen LogP) is 3.17. The molecule has 0 aromatic carbocycles. The van der Waals surface area contributed by atoms with Crippen LogP contribution in [0.5, 0.6) is 0 Å². The van der Waals surface area contributed by atoms with Crippen LogP contribution in [0.3, 0.4) is 0 Å². The minimum atomic E-state index is 0.791. The van der Waals surface area contributed by atoms with Crippen LogP contribution < -0.4 is 5.32 Å². The molecule has 4 heteroatoms. The van der Waals surface area contributed by atoms with Crippen molar-refractivity contribution in [3.63, 3.8) is 0 Å². The lowest BCUT2D eigenvalue weighted by Gasteiger charge is -2.20. The van der Waals surface area contributed by atoms with Crippen molar-refractivity contribution in [2.24, 2.45) is 0 Å². The van der Waals surface area contributed by atoms with Gasteiger partial charge in [-0.3, -0.25) is 4.90 Å². The smallest absolute Gasteiger partial charge is 0.0593 e. The van der Waals surface area contributed by atoms with Gasteiger partial charge < -0.3 is 10.1 Å². The van der Waals surface area contributed by atoms with Crippen molar-refractivity contribution in [1.29, 1.82) is 0 Å². The average Bonchev–Trinajstić information content (AvgIpc) is 3.20. The van der Waals surface area contributed by atoms with Crippen LogP contribution >= 0.6 is 11.3 Å². The predicted molar refractivity (Wildman–Crippen MR) is 86.4 cm³/mol. The zero-order valence-electron chi connectivity index (χ0n) is 13.1. The van der Waals surface area contributed by atoms with Crippen molar-refractivity contribution in [1.82, 2.24) is 10.2 Å². The van der Waals surface area contributed by atoms with Crippen molar-refractivity contribution in [2.75, 3.05) is 26.3 Å². The van der Waals surface area contributed by atoms with Gasteiger partial charge in [0.25, 0.3) is 0 Å². The molecule has 1 aromatic rings. The van der Waals surface area contributed by atoms with Crippen LogP contribution in [0, 0.1) is 6.92 Å². The second-order valence-corrected chi connectivity index (χ2v) is 6.86. The number of hydrogen-bond acceptors (Lipinski definition) is 4. The lowest BCUT2D eigenvalue weighted by atomic mass is 10.2. The maximum Gasteiger partial charge on any atom is 0.0593 e. The SMILES string of the molecule is CCOCCN(CC)Cc1cc(CNC2CC2)sc1C. The van der Waals surface area contributed by atoms with Crippen LogP contribution in [-0.4, -0.2) is 37.2 Å². The Hall–Kier alpha value is -0.420. The molecule has 0 spiro atoms. The fourth-order valence-corrected chi connectivity index (χ4v) is 3.30. The van der Waals surface area contributed by atoms with Crippen LogP contribution in [0.2, 0.25) is 0 Å². The largest absolute Gasteiger partial charge is 0.380 e. The number of hydrogen-bond donors (Lipinski definition) is 1. The third kappa shape index (κ3) is 5.17. The van der Waals surface area contributed by atoms with Crippen molar-refractivity contribution in [2.45, 2.75) is 52.7 Å². The molecule has 20 heavy (non-hydrogen) atoms. The van der Waals surface area contributed by atoms with Crippen LogP contribution in [0.1, 0.15) is 42.0 Å². The molecule has 0 unspecified atom stereocenters. The van der Waals surface area contributed by atoms with E-state index in [4.69, 9.17) is 4.74 Å². The molecule has 0 radical (unpaired) electrons. The summed E-state index contributed by atoms with van der Waals surface area (Å²) in [7, 11) is 0. The molecule has 1 saturated carbocycles. The van der Waals surface area contributed by atoms with Crippen molar-refractivity contribution in [3.8, 4) is 0 Å². The van der Waals surface area contributed by atoms with Crippen LogP contribution in [0.25, 0.3) is 0 Å². The molecular formula is C16H28N2OS. The highest BCUT2D eigenvalue weighted by Crippen LogP contribution is 2.25. The Kier molecular flexibility index (Phi) is 6.49. The van der Waals surface area contributed by atoms with Crippen LogP contribution in [-0.2, 0) is 17.8 Å². The zero-order chi connectivity index (χ0) is 14.4. The summed E-state index contributed by atoms with van der Waals surface area (Å²) >= 11 is 1.94. The molecule has 1 aliphatic rings. The van der Waals surface area contributed by atoms with E-state index in [1.54, 1.807) is 0 Å². The van der Waals surface area contributed by atoms with Crippen LogP contribution in [0.15, 0.2) is 6.07 Å². The highest BCUT2D eigenvalue weighted by atomic mass is 32.1. The Morgan fingerprint density at radius 1 is 1.40 bits per heavy atom. The van der Waals surface area contributed by atoms with Crippen molar-refractivity contribution in [3.05, 3.63) is 21.4 Å². The summed E-state index contributed by atoms with van der Waals surface area (Å²) in [4.78, 5) is 5.40. The van der Waals surface area contributed by atoms with Gasteiger partial charge in [0.15, 0.2) is 0 Å². The number of nitrogens with one attached hydrogen (secondary N) is 1. The second-order valence-electron chi connectivity index (χ2n) is 5.52. The van der Waals surface area contributed by atoms with Gasteiger partial charge in [0.1, 0.15) is 0 Å². The summed E-state index contributed by atoms with van der Waals surface area (Å²) in [5.74, 6) is 0. The topological polar surface area (TPSA) is 24.5 Å². The first-order valence-electron chi connectivity index (χ1n) is 7.84. The van der Waals surface area contributed by atoms with Gasteiger partial charge in [-0.2, -0.15) is 0 Å². The minimum absolute atomic E-state index is 0.791. The zero-order valence-corrected chi connectivity index (χ0v) is 13.9. The fourth-order valence-electron chi connectivity index (χ4n) is 2.29. The highest BCUT2D eigenvalue weighted by molar-refractivity contribution is 7.12. The third-order valence-corrected chi connectivity index (χ3v) is 4.90. The standard InChI is InChI=1S/C16H28N2OS/c1-4-18(8-9-19-5-2)12-14-10-16(20-13(14)3)11-17-15-6-7-15/h10,15,17H,4-9,11-12H2,1-3H3. The highest BCUT2D eigenvalue weighted by Gasteiger charge is 2.20. The van der Waals surface area contributed by atoms with Gasteiger partial charge >= 0.3 is 0 Å². The Morgan fingerprint density at radius 2 is 2.20 bits per heavy atom. The first kappa shape index (κ1) is 16.0. The molecule has 114 valence electrons. The van der Waals surface area contributed by atoms with Crippen LogP contribution in [0.4, 0.5) is 0 Å². The fraction of sp³-hybridized carbons (Fsp3) is 0.750. The van der Waals surface area contributed by atoms with E-state index >= 15 is 0 Å². The second kappa shape index (κ2) is 8.13. The maximum atomic E-state index is 5.46. The molecule has 0 aliphatic heterocycles. The molecule has 3 nitrogen and oxygen atoms in total. The molecule has 2 rings (SSSR count). The monoisotopic (exact) mass is 296 g/mol. The number of rotatable bonds is 10. The lowest BCUT2D eigenvalue weighted by Crippen LogP contribution is -2.27. The Labute approximate surface area is 127 Å². The summed E-state index contributed by atoms with van der Waals surface area (Å²) in [5, 5.41) is 3.60. The summed E-state index contributed by atoms with van der Waals surface area (Å²) < 4.78 is 5.46. The number of ether oxygens (including phenoxy) is 1. The lowest BCUT2D eigenvalue weighted by molar-refractivity contribution is 0.113. The first-order valence-corrected chi connectivity index (χ1v) is 8.66. The average molecular weight is 296 g/mol. The third-order valence-electron chi connectivity index (χ3n) is 3.81. The number of thiophene rings is 1. The summed E-state index contributed by atoms with van der Waals surface area (Å²) in [6.45, 7) is 12.4. The molecule has 1 N–H and O–H groups in total. The van der Waals surface area contributed by atoms with Gasteiger partial charge in [0.05, 0.1) is 6.61 Å². The van der Waals surface area contributed by atoms with Gasteiger partial charge in [-0.15, -0.1) is 11.3 Å². The van der Waals surface area contributed by atoms with E-state index in [1.807, 2.05) is 11.3 Å². The summed E-state index contributed by atoms with van der Waals surface area (Å²) in [5.41, 5.74) is 1.49. The summed E-state index contributed by atoms with van der Waals surface area (Å²) in [6.07, 6.45) is 2.72. The first-order chi connectivity index (χ1) is 9.72. The molecule has 1 aliphatic carbocycles. The Bertz CT molecular complexity index is 401. The van der Waals surface area contributed by atoms with E-state index in [-0.39, 0.29) is 0 Å². The van der Waals surface area contributed by atoms with Gasteiger partial charge in [0, 0.05) is 42.0 Å². The number of nitrogens with zero attached hydrogens (tertiary/aromatic N) is 1. The molecule has 0 amide bonds. The summed E-state index contributed by atoms with van der Waals surface area (Å²) in [6, 6.07) is 3.18. The molecule has 0 saturated heterocycles. The Morgan fingerprint density at radius 3 is 2.85 bits per heavy atom. The van der Waals surface area contributed by atoms with E-state index in [1.165, 1.54) is 28.2 Å².